The molecule has 2 aromatic carbocycles. The minimum atomic E-state index is -0.263. The number of hydrogen-bond acceptors (Lipinski definition) is 3. The number of benzene rings is 2. The normalized spacial score (nSPS) is 17.7. The maximum atomic E-state index is 13.0. The van der Waals surface area contributed by atoms with Crippen LogP contribution in [0.4, 0.5) is 4.39 Å². The number of nitrogens with zero attached hydrogens (tertiary/aromatic N) is 1. The monoisotopic (exact) mass is 345 g/mol. The van der Waals surface area contributed by atoms with E-state index in [1.54, 1.807) is 23.9 Å². The Bertz CT molecular complexity index is 663. The van der Waals surface area contributed by atoms with Gasteiger partial charge in [0.1, 0.15) is 11.9 Å². The van der Waals surface area contributed by atoms with Gasteiger partial charge in [-0.25, -0.2) is 4.39 Å². The first-order chi connectivity index (χ1) is 11.7. The lowest BCUT2D eigenvalue weighted by Gasteiger charge is -2.33. The summed E-state index contributed by atoms with van der Waals surface area (Å²) < 4.78 is 18.8. The van der Waals surface area contributed by atoms with E-state index in [9.17, 15) is 9.18 Å². The largest absolute Gasteiger partial charge is 0.370 e. The number of carbonyl (C=O) groups excluding carboxylic acids is 1. The van der Waals surface area contributed by atoms with E-state index >= 15 is 0 Å². The van der Waals surface area contributed by atoms with Crippen LogP contribution in [0.15, 0.2) is 59.5 Å². The highest BCUT2D eigenvalue weighted by Gasteiger charge is 2.25. The summed E-state index contributed by atoms with van der Waals surface area (Å²) in [5.74, 6) is 0.649. The third-order valence-electron chi connectivity index (χ3n) is 3.99. The molecule has 24 heavy (non-hydrogen) atoms. The van der Waals surface area contributed by atoms with E-state index in [0.29, 0.717) is 26.1 Å². The second-order valence-corrected chi connectivity index (χ2v) is 6.83. The highest BCUT2D eigenvalue weighted by Crippen LogP contribution is 2.24. The summed E-state index contributed by atoms with van der Waals surface area (Å²) in [5.41, 5.74) is 0.910. The van der Waals surface area contributed by atoms with Crippen LogP contribution in [0.3, 0.4) is 0 Å². The van der Waals surface area contributed by atoms with Crippen molar-refractivity contribution in [3.05, 3.63) is 66.0 Å². The maximum absolute atomic E-state index is 13.0. The van der Waals surface area contributed by atoms with Gasteiger partial charge in [0.2, 0.25) is 5.91 Å². The highest BCUT2D eigenvalue weighted by molar-refractivity contribution is 7.99. The van der Waals surface area contributed by atoms with Gasteiger partial charge in [0.15, 0.2) is 0 Å². The van der Waals surface area contributed by atoms with Crippen LogP contribution in [-0.2, 0) is 9.53 Å². The highest BCUT2D eigenvalue weighted by atomic mass is 32.2. The van der Waals surface area contributed by atoms with Crippen LogP contribution >= 0.6 is 11.8 Å². The van der Waals surface area contributed by atoms with Gasteiger partial charge in [-0.05, 0) is 29.8 Å². The Morgan fingerprint density at radius 1 is 1.17 bits per heavy atom. The van der Waals surface area contributed by atoms with Gasteiger partial charge in [-0.1, -0.05) is 30.3 Å². The molecule has 0 radical (unpaired) electrons. The molecule has 0 aromatic heterocycles. The molecular weight excluding hydrogens is 325 g/mol. The summed E-state index contributed by atoms with van der Waals surface area (Å²) in [6.45, 7) is 1.66. The van der Waals surface area contributed by atoms with Crippen molar-refractivity contribution in [2.75, 3.05) is 25.4 Å². The summed E-state index contributed by atoms with van der Waals surface area (Å²) in [4.78, 5) is 15.4. The van der Waals surface area contributed by atoms with Crippen molar-refractivity contribution in [1.29, 1.82) is 0 Å². The fraction of sp³-hybridized carbons (Fsp3) is 0.316. The number of amides is 1. The van der Waals surface area contributed by atoms with E-state index in [1.165, 1.54) is 17.0 Å². The maximum Gasteiger partial charge on any atom is 0.223 e. The van der Waals surface area contributed by atoms with Crippen LogP contribution in [0.5, 0.6) is 0 Å². The van der Waals surface area contributed by atoms with E-state index < -0.39 is 0 Å². The third-order valence-corrected chi connectivity index (χ3v) is 5.00. The molecule has 0 spiro atoms. The molecule has 1 saturated heterocycles. The van der Waals surface area contributed by atoms with Crippen molar-refractivity contribution in [3.8, 4) is 0 Å². The molecular formula is C19H20FNO2S. The van der Waals surface area contributed by atoms with Gasteiger partial charge in [0.05, 0.1) is 13.2 Å². The third kappa shape index (κ3) is 4.58. The molecule has 0 bridgehead atoms. The lowest BCUT2D eigenvalue weighted by Crippen LogP contribution is -2.42. The number of thioether (sulfide) groups is 1. The molecule has 1 unspecified atom stereocenters. The van der Waals surface area contributed by atoms with Crippen molar-refractivity contribution < 1.29 is 13.9 Å². The summed E-state index contributed by atoms with van der Waals surface area (Å²) in [5, 5.41) is 0. The average Bonchev–Trinajstić information content (AvgIpc) is 2.63. The zero-order valence-corrected chi connectivity index (χ0v) is 14.2. The zero-order valence-electron chi connectivity index (χ0n) is 13.4. The smallest absolute Gasteiger partial charge is 0.223 e. The van der Waals surface area contributed by atoms with Gasteiger partial charge >= 0.3 is 0 Å². The van der Waals surface area contributed by atoms with Crippen LogP contribution in [-0.4, -0.2) is 36.3 Å². The molecule has 3 rings (SSSR count). The topological polar surface area (TPSA) is 29.5 Å². The molecule has 1 fully saturated rings. The first-order valence-corrected chi connectivity index (χ1v) is 9.03. The Morgan fingerprint density at radius 2 is 1.92 bits per heavy atom. The molecule has 3 nitrogen and oxygen atoms in total. The fourth-order valence-electron chi connectivity index (χ4n) is 2.69. The Labute approximate surface area is 145 Å². The van der Waals surface area contributed by atoms with E-state index in [4.69, 9.17) is 4.74 Å². The van der Waals surface area contributed by atoms with E-state index in [1.807, 2.05) is 23.1 Å². The molecule has 1 aliphatic rings. The predicted molar refractivity (Wildman–Crippen MR) is 93.5 cm³/mol. The quantitative estimate of drug-likeness (QED) is 0.770. The Morgan fingerprint density at radius 3 is 2.67 bits per heavy atom. The number of carbonyl (C=O) groups is 1. The van der Waals surface area contributed by atoms with Crippen molar-refractivity contribution in [2.45, 2.75) is 17.4 Å². The molecule has 1 aliphatic heterocycles. The first-order valence-electron chi connectivity index (χ1n) is 8.05. The van der Waals surface area contributed by atoms with Crippen molar-refractivity contribution >= 4 is 17.7 Å². The van der Waals surface area contributed by atoms with Crippen LogP contribution < -0.4 is 0 Å². The minimum absolute atomic E-state index is 0.147. The van der Waals surface area contributed by atoms with E-state index in [2.05, 4.69) is 12.1 Å². The standard InChI is InChI=1S/C19H20FNO2S/c20-16-8-6-15(7-9-16)18-14-21(11-12-23-18)19(22)10-13-24-17-4-2-1-3-5-17/h1-9,18H,10-14H2. The second kappa shape index (κ2) is 8.31. The molecule has 1 heterocycles. The Hall–Kier alpha value is -1.85. The van der Waals surface area contributed by atoms with Crippen LogP contribution in [0.25, 0.3) is 0 Å². The fourth-order valence-corrected chi connectivity index (χ4v) is 3.55. The molecule has 1 atom stereocenters. The molecule has 5 heteroatoms. The summed E-state index contributed by atoms with van der Waals surface area (Å²) in [7, 11) is 0. The molecule has 1 amide bonds. The van der Waals surface area contributed by atoms with Gasteiger partial charge in [0, 0.05) is 23.6 Å². The SMILES string of the molecule is O=C(CCSc1ccccc1)N1CCOC(c2ccc(F)cc2)C1. The number of halogens is 1. The molecule has 126 valence electrons. The summed E-state index contributed by atoms with van der Waals surface area (Å²) in [6.07, 6.45) is 0.334. The number of hydrogen-bond donors (Lipinski definition) is 0. The van der Waals surface area contributed by atoms with Gasteiger partial charge in [-0.15, -0.1) is 11.8 Å². The summed E-state index contributed by atoms with van der Waals surface area (Å²) >= 11 is 1.69. The van der Waals surface area contributed by atoms with Gasteiger partial charge in [0.25, 0.3) is 0 Å². The molecule has 0 N–H and O–H groups in total. The molecule has 0 saturated carbocycles. The van der Waals surface area contributed by atoms with E-state index in [-0.39, 0.29) is 17.8 Å². The van der Waals surface area contributed by atoms with Gasteiger partial charge in [-0.3, -0.25) is 4.79 Å². The molecule has 0 aliphatic carbocycles. The Balaban J connectivity index is 1.50. The van der Waals surface area contributed by atoms with Crippen LogP contribution in [0, 0.1) is 5.82 Å². The number of rotatable bonds is 5. The minimum Gasteiger partial charge on any atom is -0.370 e. The van der Waals surface area contributed by atoms with Crippen LogP contribution in [0.2, 0.25) is 0 Å². The lowest BCUT2D eigenvalue weighted by atomic mass is 10.1. The van der Waals surface area contributed by atoms with E-state index in [0.717, 1.165) is 11.3 Å². The van der Waals surface area contributed by atoms with Crippen molar-refractivity contribution in [1.82, 2.24) is 4.90 Å². The predicted octanol–water partition coefficient (Wildman–Crippen LogP) is 3.91. The van der Waals surface area contributed by atoms with Gasteiger partial charge < -0.3 is 9.64 Å². The Kier molecular flexibility index (Phi) is 5.88. The first kappa shape index (κ1) is 17.0. The zero-order chi connectivity index (χ0) is 16.8. The number of morpholine rings is 1. The second-order valence-electron chi connectivity index (χ2n) is 5.66. The van der Waals surface area contributed by atoms with Crippen LogP contribution in [0.1, 0.15) is 18.1 Å². The average molecular weight is 345 g/mol. The van der Waals surface area contributed by atoms with Gasteiger partial charge in [-0.2, -0.15) is 0 Å². The number of ether oxygens (including phenoxy) is 1. The lowest BCUT2D eigenvalue weighted by molar-refractivity contribution is -0.138. The summed E-state index contributed by atoms with van der Waals surface area (Å²) in [6, 6.07) is 16.4. The molecule has 2 aromatic rings. The van der Waals surface area contributed by atoms with Crippen molar-refractivity contribution in [3.63, 3.8) is 0 Å². The van der Waals surface area contributed by atoms with Crippen molar-refractivity contribution in [2.24, 2.45) is 0 Å².